The summed E-state index contributed by atoms with van der Waals surface area (Å²) in [6.07, 6.45) is 8.36. The lowest BCUT2D eigenvalue weighted by atomic mass is 10.1. The van der Waals surface area contributed by atoms with Gasteiger partial charge in [-0.25, -0.2) is 4.79 Å². The van der Waals surface area contributed by atoms with Gasteiger partial charge in [0.05, 0.1) is 0 Å². The first-order valence-electron chi connectivity index (χ1n) is 7.73. The molecular formula is C16H28O5. The van der Waals surface area contributed by atoms with Crippen molar-refractivity contribution in [1.29, 1.82) is 0 Å². The number of rotatable bonds is 13. The van der Waals surface area contributed by atoms with Crippen LogP contribution in [0.2, 0.25) is 0 Å². The summed E-state index contributed by atoms with van der Waals surface area (Å²) >= 11 is 0. The van der Waals surface area contributed by atoms with Crippen LogP contribution >= 0.6 is 0 Å². The monoisotopic (exact) mass is 300 g/mol. The van der Waals surface area contributed by atoms with Gasteiger partial charge in [0.1, 0.15) is 19.3 Å². The third-order valence-corrected chi connectivity index (χ3v) is 3.01. The molecule has 0 aliphatic carbocycles. The van der Waals surface area contributed by atoms with Gasteiger partial charge in [-0.05, 0) is 6.42 Å². The minimum atomic E-state index is -0.994. The molecule has 0 aromatic carbocycles. The van der Waals surface area contributed by atoms with E-state index >= 15 is 0 Å². The van der Waals surface area contributed by atoms with Crippen LogP contribution in [0, 0.1) is 0 Å². The molecule has 0 heterocycles. The lowest BCUT2D eigenvalue weighted by Crippen LogP contribution is -2.24. The number of carbonyl (C=O) groups excluding carboxylic acids is 2. The summed E-state index contributed by atoms with van der Waals surface area (Å²) in [7, 11) is 0. The fourth-order valence-electron chi connectivity index (χ4n) is 1.77. The Morgan fingerprint density at radius 2 is 1.62 bits per heavy atom. The first-order valence-corrected chi connectivity index (χ1v) is 7.73. The summed E-state index contributed by atoms with van der Waals surface area (Å²) in [6, 6.07) is 0. The van der Waals surface area contributed by atoms with Crippen molar-refractivity contribution in [2.24, 2.45) is 0 Å². The zero-order valence-electron chi connectivity index (χ0n) is 13.0. The van der Waals surface area contributed by atoms with Crippen LogP contribution in [0.1, 0.15) is 58.3 Å². The predicted octanol–water partition coefficient (Wildman–Crippen LogP) is 2.76. The molecule has 1 unspecified atom stereocenters. The molecule has 0 spiro atoms. The molecule has 0 aliphatic rings. The summed E-state index contributed by atoms with van der Waals surface area (Å²) in [5.41, 5.74) is 0. The van der Waals surface area contributed by atoms with Crippen LogP contribution in [-0.4, -0.2) is 36.4 Å². The standard InChI is InChI=1S/C16H28O5/c1-3-5-6-7-8-9-10-11-16(19)21-13-14(17)12-20-15(18)4-2/h4,14,17H,2-3,5-13H2,1H3. The van der Waals surface area contributed by atoms with Gasteiger partial charge in [-0.3, -0.25) is 4.79 Å². The van der Waals surface area contributed by atoms with Crippen molar-refractivity contribution in [1.82, 2.24) is 0 Å². The van der Waals surface area contributed by atoms with Crippen LogP contribution in [0.25, 0.3) is 0 Å². The second-order valence-electron chi connectivity index (χ2n) is 5.04. The molecule has 0 bridgehead atoms. The number of hydrogen-bond acceptors (Lipinski definition) is 5. The average Bonchev–Trinajstić information content (AvgIpc) is 2.49. The van der Waals surface area contributed by atoms with Gasteiger partial charge >= 0.3 is 11.9 Å². The van der Waals surface area contributed by atoms with Crippen LogP contribution in [0.4, 0.5) is 0 Å². The maximum Gasteiger partial charge on any atom is 0.330 e. The van der Waals surface area contributed by atoms with E-state index in [1.807, 2.05) is 0 Å². The van der Waals surface area contributed by atoms with Gasteiger partial charge in [-0.2, -0.15) is 0 Å². The third-order valence-electron chi connectivity index (χ3n) is 3.01. The average molecular weight is 300 g/mol. The van der Waals surface area contributed by atoms with E-state index in [1.165, 1.54) is 25.7 Å². The molecule has 0 amide bonds. The van der Waals surface area contributed by atoms with E-state index in [0.717, 1.165) is 25.3 Å². The molecule has 1 N–H and O–H groups in total. The molecule has 0 aromatic heterocycles. The first-order chi connectivity index (χ1) is 10.1. The Labute approximate surface area is 127 Å². The molecule has 5 heteroatoms. The van der Waals surface area contributed by atoms with Crippen LogP contribution in [0.15, 0.2) is 12.7 Å². The van der Waals surface area contributed by atoms with E-state index in [0.29, 0.717) is 6.42 Å². The highest BCUT2D eigenvalue weighted by atomic mass is 16.6. The minimum Gasteiger partial charge on any atom is -0.463 e. The number of hydrogen-bond donors (Lipinski definition) is 1. The van der Waals surface area contributed by atoms with Gasteiger partial charge in [0.2, 0.25) is 0 Å². The Morgan fingerprint density at radius 1 is 1.05 bits per heavy atom. The Balaban J connectivity index is 3.44. The van der Waals surface area contributed by atoms with Gasteiger partial charge in [-0.15, -0.1) is 0 Å². The molecule has 21 heavy (non-hydrogen) atoms. The molecule has 0 rings (SSSR count). The Bertz CT molecular complexity index is 301. The van der Waals surface area contributed by atoms with E-state index in [4.69, 9.17) is 4.74 Å². The second kappa shape index (κ2) is 13.6. The molecule has 122 valence electrons. The number of esters is 2. The minimum absolute atomic E-state index is 0.153. The van der Waals surface area contributed by atoms with Crippen LogP contribution in [0.5, 0.6) is 0 Å². The van der Waals surface area contributed by atoms with Crippen LogP contribution in [-0.2, 0) is 19.1 Å². The fraction of sp³-hybridized carbons (Fsp3) is 0.750. The van der Waals surface area contributed by atoms with E-state index < -0.39 is 12.1 Å². The fourth-order valence-corrected chi connectivity index (χ4v) is 1.77. The van der Waals surface area contributed by atoms with Gasteiger partial charge in [0.15, 0.2) is 0 Å². The van der Waals surface area contributed by atoms with E-state index in [9.17, 15) is 14.7 Å². The lowest BCUT2D eigenvalue weighted by molar-refractivity contribution is -0.150. The quantitative estimate of drug-likeness (QED) is 0.322. The number of aliphatic hydroxyl groups excluding tert-OH is 1. The zero-order valence-corrected chi connectivity index (χ0v) is 13.0. The predicted molar refractivity (Wildman–Crippen MR) is 80.7 cm³/mol. The maximum absolute atomic E-state index is 11.4. The highest BCUT2D eigenvalue weighted by molar-refractivity contribution is 5.81. The number of unbranched alkanes of at least 4 members (excludes halogenated alkanes) is 6. The molecule has 5 nitrogen and oxygen atoms in total. The molecule has 0 saturated carbocycles. The molecule has 0 saturated heterocycles. The molecule has 0 aromatic rings. The number of carbonyl (C=O) groups is 2. The van der Waals surface area contributed by atoms with Crippen LogP contribution < -0.4 is 0 Å². The molecule has 0 fully saturated rings. The third kappa shape index (κ3) is 13.4. The van der Waals surface area contributed by atoms with Crippen molar-refractivity contribution in [2.45, 2.75) is 64.4 Å². The zero-order chi connectivity index (χ0) is 15.9. The summed E-state index contributed by atoms with van der Waals surface area (Å²) < 4.78 is 9.54. The molecule has 1 atom stereocenters. The van der Waals surface area contributed by atoms with Crippen molar-refractivity contribution in [3.8, 4) is 0 Å². The number of ether oxygens (including phenoxy) is 2. The smallest absolute Gasteiger partial charge is 0.330 e. The van der Waals surface area contributed by atoms with Crippen molar-refractivity contribution < 1.29 is 24.2 Å². The SMILES string of the molecule is C=CC(=O)OCC(O)COC(=O)CCCCCCCCC. The lowest BCUT2D eigenvalue weighted by Gasteiger charge is -2.11. The van der Waals surface area contributed by atoms with Gasteiger partial charge in [0, 0.05) is 12.5 Å². The summed E-state index contributed by atoms with van der Waals surface area (Å²) in [5.74, 6) is -0.930. The summed E-state index contributed by atoms with van der Waals surface area (Å²) in [5, 5.41) is 9.45. The maximum atomic E-state index is 11.4. The highest BCUT2D eigenvalue weighted by Gasteiger charge is 2.10. The molecule has 0 radical (unpaired) electrons. The van der Waals surface area contributed by atoms with Crippen molar-refractivity contribution in [2.75, 3.05) is 13.2 Å². The van der Waals surface area contributed by atoms with Gasteiger partial charge < -0.3 is 14.6 Å². The van der Waals surface area contributed by atoms with Crippen LogP contribution in [0.3, 0.4) is 0 Å². The Morgan fingerprint density at radius 3 is 2.24 bits per heavy atom. The Kier molecular flexibility index (Phi) is 12.7. The summed E-state index contributed by atoms with van der Waals surface area (Å²) in [6.45, 7) is 5.07. The van der Waals surface area contributed by atoms with Gasteiger partial charge in [-0.1, -0.05) is 52.0 Å². The highest BCUT2D eigenvalue weighted by Crippen LogP contribution is 2.08. The normalized spacial score (nSPS) is 11.7. The number of aliphatic hydroxyl groups is 1. The largest absolute Gasteiger partial charge is 0.463 e. The van der Waals surface area contributed by atoms with Crippen molar-refractivity contribution in [3.05, 3.63) is 12.7 Å². The molecule has 0 aliphatic heterocycles. The first kappa shape index (κ1) is 19.6. The van der Waals surface area contributed by atoms with E-state index in [1.54, 1.807) is 0 Å². The Hall–Kier alpha value is -1.36. The van der Waals surface area contributed by atoms with Crippen molar-refractivity contribution >= 4 is 11.9 Å². The van der Waals surface area contributed by atoms with Crippen molar-refractivity contribution in [3.63, 3.8) is 0 Å². The van der Waals surface area contributed by atoms with E-state index in [-0.39, 0.29) is 19.2 Å². The second-order valence-corrected chi connectivity index (χ2v) is 5.04. The van der Waals surface area contributed by atoms with E-state index in [2.05, 4.69) is 18.2 Å². The topological polar surface area (TPSA) is 72.8 Å². The van der Waals surface area contributed by atoms with Gasteiger partial charge in [0.25, 0.3) is 0 Å². The summed E-state index contributed by atoms with van der Waals surface area (Å²) in [4.78, 5) is 22.2. The molecular weight excluding hydrogens is 272 g/mol.